The maximum absolute atomic E-state index is 5.64. The minimum atomic E-state index is 0.678. The Morgan fingerprint density at radius 1 is 1.39 bits per heavy atom. The maximum Gasteiger partial charge on any atom is 0.202 e. The molecule has 0 radical (unpaired) electrons. The number of aromatic nitrogens is 4. The zero-order chi connectivity index (χ0) is 13.0. The van der Waals surface area contributed by atoms with Crippen molar-refractivity contribution < 1.29 is 4.42 Å². The van der Waals surface area contributed by atoms with Gasteiger partial charge in [-0.15, -0.1) is 21.8 Å². The van der Waals surface area contributed by atoms with Gasteiger partial charge in [0, 0.05) is 18.7 Å². The fourth-order valence-corrected chi connectivity index (χ4v) is 2.61. The van der Waals surface area contributed by atoms with Crippen LogP contribution >= 0.6 is 23.4 Å². The van der Waals surface area contributed by atoms with Crippen LogP contribution in [0.15, 0.2) is 16.0 Å². The molecule has 0 aliphatic rings. The number of oxazole rings is 1. The molecular formula is C11H15ClN4OS. The lowest BCUT2D eigenvalue weighted by Crippen LogP contribution is -1.95. The second-order valence-electron chi connectivity index (χ2n) is 3.88. The lowest BCUT2D eigenvalue weighted by molar-refractivity contribution is 0.562. The average molecular weight is 287 g/mol. The van der Waals surface area contributed by atoms with Crippen LogP contribution in [0.5, 0.6) is 0 Å². The predicted octanol–water partition coefficient (Wildman–Crippen LogP) is 2.89. The fourth-order valence-electron chi connectivity index (χ4n) is 1.51. The molecule has 0 bridgehead atoms. The number of rotatable bonds is 6. The lowest BCUT2D eigenvalue weighted by Gasteiger charge is -2.01. The van der Waals surface area contributed by atoms with Crippen molar-refractivity contribution in [1.29, 1.82) is 0 Å². The maximum atomic E-state index is 5.64. The van der Waals surface area contributed by atoms with Crippen LogP contribution in [0.3, 0.4) is 0 Å². The third-order valence-corrected chi connectivity index (χ3v) is 3.92. The smallest absolute Gasteiger partial charge is 0.202 e. The normalized spacial score (nSPS) is 11.1. The molecule has 0 fully saturated rings. The molecule has 0 N–H and O–H groups in total. The molecule has 0 aliphatic carbocycles. The summed E-state index contributed by atoms with van der Waals surface area (Å²) in [6.07, 6.45) is 3.53. The van der Waals surface area contributed by atoms with Crippen molar-refractivity contribution in [2.45, 2.75) is 24.9 Å². The first-order valence-electron chi connectivity index (χ1n) is 5.72. The monoisotopic (exact) mass is 286 g/mol. The van der Waals surface area contributed by atoms with Crippen LogP contribution in [-0.4, -0.2) is 31.4 Å². The quantitative estimate of drug-likeness (QED) is 0.464. The van der Waals surface area contributed by atoms with E-state index in [-0.39, 0.29) is 0 Å². The molecule has 0 atom stereocenters. The molecule has 0 aromatic carbocycles. The van der Waals surface area contributed by atoms with E-state index in [1.165, 1.54) is 6.39 Å². The molecule has 2 aromatic rings. The number of hydrogen-bond donors (Lipinski definition) is 0. The molecule has 0 aliphatic heterocycles. The lowest BCUT2D eigenvalue weighted by atomic mass is 10.3. The van der Waals surface area contributed by atoms with E-state index in [1.54, 1.807) is 11.8 Å². The van der Waals surface area contributed by atoms with Crippen molar-refractivity contribution in [2.75, 3.05) is 11.6 Å². The van der Waals surface area contributed by atoms with Crippen LogP contribution in [0, 0.1) is 6.92 Å². The highest BCUT2D eigenvalue weighted by Gasteiger charge is 2.16. The Labute approximate surface area is 115 Å². The van der Waals surface area contributed by atoms with E-state index >= 15 is 0 Å². The number of thioether (sulfide) groups is 1. The van der Waals surface area contributed by atoms with E-state index in [4.69, 9.17) is 16.0 Å². The van der Waals surface area contributed by atoms with Gasteiger partial charge in [0.2, 0.25) is 5.82 Å². The Hall–Kier alpha value is -1.01. The van der Waals surface area contributed by atoms with Crippen molar-refractivity contribution in [3.8, 4) is 11.6 Å². The summed E-state index contributed by atoms with van der Waals surface area (Å²) < 4.78 is 7.26. The van der Waals surface area contributed by atoms with Gasteiger partial charge in [-0.25, -0.2) is 4.98 Å². The van der Waals surface area contributed by atoms with E-state index in [1.807, 2.05) is 18.5 Å². The van der Waals surface area contributed by atoms with Gasteiger partial charge in [0.15, 0.2) is 17.3 Å². The third kappa shape index (κ3) is 2.87. The summed E-state index contributed by atoms with van der Waals surface area (Å²) in [5.41, 5.74) is 0.823. The van der Waals surface area contributed by atoms with E-state index in [0.717, 1.165) is 29.4 Å². The van der Waals surface area contributed by atoms with Gasteiger partial charge in [-0.1, -0.05) is 11.8 Å². The highest BCUT2D eigenvalue weighted by Crippen LogP contribution is 2.24. The molecule has 0 amide bonds. The summed E-state index contributed by atoms with van der Waals surface area (Å²) in [5.74, 6) is 3.10. The van der Waals surface area contributed by atoms with E-state index in [2.05, 4.69) is 15.2 Å². The first kappa shape index (κ1) is 13.4. The number of alkyl halides is 1. The minimum Gasteiger partial charge on any atom is -0.440 e. The fraction of sp³-hybridized carbons (Fsp3) is 0.545. The van der Waals surface area contributed by atoms with Crippen LogP contribution in [-0.2, 0) is 7.05 Å². The highest BCUT2D eigenvalue weighted by molar-refractivity contribution is 7.99. The summed E-state index contributed by atoms with van der Waals surface area (Å²) in [7, 11) is 1.93. The number of unbranched alkanes of at least 4 members (excludes halogenated alkanes) is 1. The topological polar surface area (TPSA) is 56.7 Å². The molecule has 0 saturated carbocycles. The van der Waals surface area contributed by atoms with Gasteiger partial charge in [0.1, 0.15) is 0 Å². The highest BCUT2D eigenvalue weighted by atomic mass is 35.5. The Morgan fingerprint density at radius 2 is 2.22 bits per heavy atom. The predicted molar refractivity (Wildman–Crippen MR) is 71.9 cm³/mol. The molecule has 2 heterocycles. The largest absolute Gasteiger partial charge is 0.440 e. The summed E-state index contributed by atoms with van der Waals surface area (Å²) in [6, 6.07) is 0. The van der Waals surface area contributed by atoms with Crippen molar-refractivity contribution in [3.05, 3.63) is 12.1 Å². The summed E-state index contributed by atoms with van der Waals surface area (Å²) in [4.78, 5) is 4.06. The van der Waals surface area contributed by atoms with Gasteiger partial charge < -0.3 is 8.98 Å². The van der Waals surface area contributed by atoms with Crippen LogP contribution in [0.2, 0.25) is 0 Å². The van der Waals surface area contributed by atoms with Crippen LogP contribution in [0.4, 0.5) is 0 Å². The zero-order valence-corrected chi connectivity index (χ0v) is 12.0. The van der Waals surface area contributed by atoms with Crippen molar-refractivity contribution in [1.82, 2.24) is 19.7 Å². The average Bonchev–Trinajstić information content (AvgIpc) is 2.92. The molecule has 0 spiro atoms. The zero-order valence-electron chi connectivity index (χ0n) is 10.4. The molecule has 5 nitrogen and oxygen atoms in total. The Kier molecular flexibility index (Phi) is 4.66. The number of nitrogens with zero attached hydrogens (tertiary/aromatic N) is 4. The molecule has 2 rings (SSSR count). The van der Waals surface area contributed by atoms with Crippen LogP contribution in [0.25, 0.3) is 11.6 Å². The Bertz CT molecular complexity index is 511. The summed E-state index contributed by atoms with van der Waals surface area (Å²) in [5, 5.41) is 9.20. The molecular weight excluding hydrogens is 272 g/mol. The molecule has 0 unspecified atom stereocenters. The number of halogens is 1. The van der Waals surface area contributed by atoms with E-state index in [9.17, 15) is 0 Å². The van der Waals surface area contributed by atoms with Crippen LogP contribution in [0.1, 0.15) is 18.5 Å². The minimum absolute atomic E-state index is 0.678. The van der Waals surface area contributed by atoms with Gasteiger partial charge >= 0.3 is 0 Å². The van der Waals surface area contributed by atoms with Crippen LogP contribution < -0.4 is 0 Å². The van der Waals surface area contributed by atoms with E-state index < -0.39 is 0 Å². The standard InChI is InChI=1S/C11H15ClN4OS/c1-8-9(17-7-13-8)10-14-15-11(16(10)2)18-6-4-3-5-12/h7H,3-6H2,1-2H3. The molecule has 0 saturated heterocycles. The first-order valence-corrected chi connectivity index (χ1v) is 7.24. The second kappa shape index (κ2) is 6.24. The Morgan fingerprint density at radius 3 is 2.89 bits per heavy atom. The van der Waals surface area contributed by atoms with Crippen molar-refractivity contribution >= 4 is 23.4 Å². The molecule has 98 valence electrons. The second-order valence-corrected chi connectivity index (χ2v) is 5.32. The van der Waals surface area contributed by atoms with Gasteiger partial charge in [-0.05, 0) is 19.8 Å². The number of hydrogen-bond acceptors (Lipinski definition) is 5. The van der Waals surface area contributed by atoms with Gasteiger partial charge in [0.25, 0.3) is 0 Å². The molecule has 2 aromatic heterocycles. The van der Waals surface area contributed by atoms with E-state index in [0.29, 0.717) is 17.5 Å². The summed E-state index contributed by atoms with van der Waals surface area (Å²) in [6.45, 7) is 1.89. The number of aryl methyl sites for hydroxylation is 1. The molecule has 18 heavy (non-hydrogen) atoms. The summed E-state index contributed by atoms with van der Waals surface area (Å²) >= 11 is 7.32. The van der Waals surface area contributed by atoms with Gasteiger partial charge in [-0.2, -0.15) is 0 Å². The van der Waals surface area contributed by atoms with Crippen molar-refractivity contribution in [3.63, 3.8) is 0 Å². The molecule has 7 heteroatoms. The first-order chi connectivity index (χ1) is 8.74. The van der Waals surface area contributed by atoms with Gasteiger partial charge in [0.05, 0.1) is 5.69 Å². The van der Waals surface area contributed by atoms with Crippen molar-refractivity contribution in [2.24, 2.45) is 7.05 Å². The third-order valence-electron chi connectivity index (χ3n) is 2.54. The SMILES string of the molecule is Cc1ncoc1-c1nnc(SCCCCCl)n1C. The van der Waals surface area contributed by atoms with Gasteiger partial charge in [-0.3, -0.25) is 0 Å². The Balaban J connectivity index is 2.07.